The molecule has 238 valence electrons. The van der Waals surface area contributed by atoms with Gasteiger partial charge in [0, 0.05) is 45.0 Å². The molecule has 4 heteroatoms. The molecule has 0 aliphatic heterocycles. The van der Waals surface area contributed by atoms with Crippen LogP contribution in [-0.4, -0.2) is 14.5 Å². The molecule has 0 fully saturated rings. The van der Waals surface area contributed by atoms with Gasteiger partial charge in [-0.25, -0.2) is 9.97 Å². The predicted octanol–water partition coefficient (Wildman–Crippen LogP) is 12.2. The minimum absolute atomic E-state index is 0.876. The third kappa shape index (κ3) is 6.37. The fourth-order valence-electron chi connectivity index (χ4n) is 6.34. The molecular formula is C45H38N4. The van der Waals surface area contributed by atoms with E-state index in [1.165, 1.54) is 22.2 Å². The van der Waals surface area contributed by atoms with Gasteiger partial charge in [0.2, 0.25) is 0 Å². The minimum atomic E-state index is 0.876. The second kappa shape index (κ2) is 13.8. The summed E-state index contributed by atoms with van der Waals surface area (Å²) in [5, 5.41) is 1.25. The number of hydrogen-bond donors (Lipinski definition) is 0. The fraction of sp³-hybridized carbons (Fsp3) is 0.0667. The number of aromatic nitrogens is 3. The lowest BCUT2D eigenvalue weighted by atomic mass is 10.0. The van der Waals surface area contributed by atoms with E-state index in [2.05, 4.69) is 169 Å². The molecule has 0 saturated carbocycles. The van der Waals surface area contributed by atoms with Gasteiger partial charge in [0.15, 0.2) is 0 Å². The van der Waals surface area contributed by atoms with E-state index < -0.39 is 0 Å². The molecule has 8 rings (SSSR count). The Labute approximate surface area is 288 Å². The van der Waals surface area contributed by atoms with Gasteiger partial charge >= 0.3 is 0 Å². The van der Waals surface area contributed by atoms with Crippen LogP contribution in [0.25, 0.3) is 50.1 Å². The van der Waals surface area contributed by atoms with Crippen LogP contribution in [0.4, 0.5) is 17.1 Å². The van der Waals surface area contributed by atoms with Gasteiger partial charge in [0.1, 0.15) is 0 Å². The summed E-state index contributed by atoms with van der Waals surface area (Å²) >= 11 is 0. The topological polar surface area (TPSA) is 34.0 Å². The van der Waals surface area contributed by atoms with Crippen molar-refractivity contribution in [3.8, 4) is 28.2 Å². The molecule has 0 bridgehead atoms. The Morgan fingerprint density at radius 1 is 0.551 bits per heavy atom. The molecule has 0 aliphatic rings. The van der Waals surface area contributed by atoms with Crippen LogP contribution in [0.5, 0.6) is 0 Å². The first-order valence-electron chi connectivity index (χ1n) is 16.6. The normalized spacial score (nSPS) is 10.8. The second-order valence-electron chi connectivity index (χ2n) is 12.1. The van der Waals surface area contributed by atoms with Crippen LogP contribution < -0.4 is 4.90 Å². The molecule has 4 nitrogen and oxygen atoms in total. The van der Waals surface area contributed by atoms with Crippen molar-refractivity contribution < 1.29 is 0 Å². The monoisotopic (exact) mass is 634 g/mol. The highest BCUT2D eigenvalue weighted by molar-refractivity contribution is 5.88. The van der Waals surface area contributed by atoms with E-state index in [4.69, 9.17) is 9.97 Å². The highest BCUT2D eigenvalue weighted by atomic mass is 15.1. The Morgan fingerprint density at radius 2 is 1.08 bits per heavy atom. The molecule has 2 aromatic heterocycles. The number of rotatable bonds is 6. The lowest BCUT2D eigenvalue weighted by molar-refractivity contribution is 1.05. The Hall–Kier alpha value is -6.26. The van der Waals surface area contributed by atoms with Gasteiger partial charge in [-0.2, -0.15) is 0 Å². The van der Waals surface area contributed by atoms with Crippen molar-refractivity contribution in [2.24, 2.45) is 0 Å². The van der Waals surface area contributed by atoms with Crippen molar-refractivity contribution in [1.29, 1.82) is 0 Å². The molecule has 0 radical (unpaired) electrons. The van der Waals surface area contributed by atoms with Gasteiger partial charge in [-0.15, -0.1) is 6.58 Å². The van der Waals surface area contributed by atoms with E-state index in [9.17, 15) is 0 Å². The van der Waals surface area contributed by atoms with Crippen LogP contribution in [0.2, 0.25) is 0 Å². The SMILES string of the molecule is C=CC.Cc1ccc2nc(-c3ccccc3)c(-c3ccc(N(c4ccccc4)c4ccc(-n5c(C)cc6ccccc65)cc4)cc3)nc2c1. The number of aryl methyl sites for hydroxylation is 2. The lowest BCUT2D eigenvalue weighted by Crippen LogP contribution is -2.10. The van der Waals surface area contributed by atoms with Crippen LogP contribution in [-0.2, 0) is 0 Å². The van der Waals surface area contributed by atoms with E-state index in [1.807, 2.05) is 25.1 Å². The summed E-state index contributed by atoms with van der Waals surface area (Å²) in [5.74, 6) is 0. The third-order valence-corrected chi connectivity index (χ3v) is 8.54. The van der Waals surface area contributed by atoms with Gasteiger partial charge in [0.25, 0.3) is 0 Å². The standard InChI is InChI=1S/C42H32N4.C3H6/c1-29-17-26-38-39(27-29)44-42(41(43-38)31-11-5-3-6-12-31)32-18-20-36(21-19-32)46(34-14-7-4-8-15-34)37-24-22-35(23-25-37)45-30(2)28-33-13-9-10-16-40(33)45;1-3-2/h3-28H,1-2H3;3H,1H2,2H3. The third-order valence-electron chi connectivity index (χ3n) is 8.54. The van der Waals surface area contributed by atoms with Gasteiger partial charge in [-0.1, -0.05) is 91.0 Å². The van der Waals surface area contributed by atoms with Crippen LogP contribution in [0.3, 0.4) is 0 Å². The fourth-order valence-corrected chi connectivity index (χ4v) is 6.34. The van der Waals surface area contributed by atoms with Gasteiger partial charge in [-0.3, -0.25) is 0 Å². The largest absolute Gasteiger partial charge is 0.314 e. The zero-order valence-corrected chi connectivity index (χ0v) is 28.1. The first kappa shape index (κ1) is 31.3. The summed E-state index contributed by atoms with van der Waals surface area (Å²) < 4.78 is 2.32. The first-order chi connectivity index (χ1) is 24.0. The Kier molecular flexibility index (Phi) is 8.86. The van der Waals surface area contributed by atoms with E-state index in [1.54, 1.807) is 6.08 Å². The molecule has 49 heavy (non-hydrogen) atoms. The molecular weight excluding hydrogens is 597 g/mol. The second-order valence-corrected chi connectivity index (χ2v) is 12.1. The molecule has 8 aromatic rings. The van der Waals surface area contributed by atoms with Crippen molar-refractivity contribution >= 4 is 39.0 Å². The van der Waals surface area contributed by atoms with Gasteiger partial charge < -0.3 is 9.47 Å². The highest BCUT2D eigenvalue weighted by Gasteiger charge is 2.17. The summed E-state index contributed by atoms with van der Waals surface area (Å²) in [6.07, 6.45) is 1.75. The number of anilines is 3. The summed E-state index contributed by atoms with van der Waals surface area (Å²) in [6.45, 7) is 9.50. The molecule has 0 unspecified atom stereocenters. The van der Waals surface area contributed by atoms with Crippen molar-refractivity contribution in [3.63, 3.8) is 0 Å². The first-order valence-corrected chi connectivity index (χ1v) is 16.6. The van der Waals surface area contributed by atoms with Crippen LogP contribution in [0.1, 0.15) is 18.2 Å². The molecule has 0 spiro atoms. The van der Waals surface area contributed by atoms with Crippen LogP contribution >= 0.6 is 0 Å². The van der Waals surface area contributed by atoms with Crippen molar-refractivity contribution in [1.82, 2.24) is 14.5 Å². The Morgan fingerprint density at radius 3 is 1.76 bits per heavy atom. The van der Waals surface area contributed by atoms with Gasteiger partial charge in [0.05, 0.1) is 27.9 Å². The number of hydrogen-bond acceptors (Lipinski definition) is 3. The summed E-state index contributed by atoms with van der Waals surface area (Å²) in [4.78, 5) is 12.5. The van der Waals surface area contributed by atoms with Crippen molar-refractivity contribution in [2.75, 3.05) is 4.90 Å². The maximum atomic E-state index is 5.16. The average Bonchev–Trinajstić information content (AvgIpc) is 3.48. The van der Waals surface area contributed by atoms with Crippen LogP contribution in [0.15, 0.2) is 170 Å². The van der Waals surface area contributed by atoms with Crippen molar-refractivity contribution in [2.45, 2.75) is 20.8 Å². The molecule has 0 amide bonds. The van der Waals surface area contributed by atoms with Crippen LogP contribution in [0, 0.1) is 13.8 Å². The molecule has 0 N–H and O–H groups in total. The van der Waals surface area contributed by atoms with E-state index in [0.717, 1.165) is 56.3 Å². The quantitative estimate of drug-likeness (QED) is 0.171. The summed E-state index contributed by atoms with van der Waals surface area (Å²) in [6, 6.07) is 55.4. The lowest BCUT2D eigenvalue weighted by Gasteiger charge is -2.26. The molecule has 0 atom stereocenters. The van der Waals surface area contributed by atoms with Crippen molar-refractivity contribution in [3.05, 3.63) is 182 Å². The zero-order chi connectivity index (χ0) is 33.7. The van der Waals surface area contributed by atoms with E-state index >= 15 is 0 Å². The number of fused-ring (bicyclic) bond motifs is 2. The number of para-hydroxylation sites is 2. The smallest absolute Gasteiger partial charge is 0.0973 e. The zero-order valence-electron chi connectivity index (χ0n) is 28.1. The Balaban J connectivity index is 0.00000122. The molecule has 2 heterocycles. The number of allylic oxidation sites excluding steroid dienone is 1. The molecule has 0 aliphatic carbocycles. The van der Waals surface area contributed by atoms with Gasteiger partial charge in [-0.05, 0) is 99.1 Å². The molecule has 0 saturated heterocycles. The maximum absolute atomic E-state index is 5.16. The predicted molar refractivity (Wildman–Crippen MR) is 207 cm³/mol. The molecule has 6 aromatic carbocycles. The number of nitrogens with zero attached hydrogens (tertiary/aromatic N) is 4. The van der Waals surface area contributed by atoms with E-state index in [0.29, 0.717) is 0 Å². The highest BCUT2D eigenvalue weighted by Crippen LogP contribution is 2.38. The number of benzene rings is 6. The summed E-state index contributed by atoms with van der Waals surface area (Å²) in [5.41, 5.74) is 13.6. The van der Waals surface area contributed by atoms with E-state index in [-0.39, 0.29) is 0 Å². The maximum Gasteiger partial charge on any atom is 0.0973 e. The minimum Gasteiger partial charge on any atom is -0.314 e. The Bertz CT molecular complexity index is 2360. The summed E-state index contributed by atoms with van der Waals surface area (Å²) in [7, 11) is 0. The average molecular weight is 635 g/mol.